The lowest BCUT2D eigenvalue weighted by atomic mass is 10.1. The molecule has 23 heavy (non-hydrogen) atoms. The van der Waals surface area contributed by atoms with Crippen molar-refractivity contribution in [2.45, 2.75) is 6.54 Å². The number of urea groups is 1. The maximum Gasteiger partial charge on any atom is 0.316 e. The van der Waals surface area contributed by atoms with Gasteiger partial charge < -0.3 is 16.0 Å². The van der Waals surface area contributed by atoms with Crippen LogP contribution in [-0.4, -0.2) is 23.9 Å². The van der Waals surface area contributed by atoms with Crippen molar-refractivity contribution in [1.29, 1.82) is 0 Å². The van der Waals surface area contributed by atoms with Gasteiger partial charge in [0.25, 0.3) is 5.91 Å². The van der Waals surface area contributed by atoms with Gasteiger partial charge in [0.2, 0.25) is 0 Å². The summed E-state index contributed by atoms with van der Waals surface area (Å²) in [6, 6.07) is 11.1. The van der Waals surface area contributed by atoms with Crippen molar-refractivity contribution in [3.63, 3.8) is 0 Å². The van der Waals surface area contributed by atoms with Crippen molar-refractivity contribution in [2.75, 3.05) is 12.4 Å². The maximum atomic E-state index is 12.5. The lowest BCUT2D eigenvalue weighted by molar-refractivity contribution is 0.0785. The summed E-state index contributed by atoms with van der Waals surface area (Å²) in [6.45, 7) is 0.311. The number of rotatable bonds is 4. The van der Waals surface area contributed by atoms with E-state index in [2.05, 4.69) is 5.32 Å². The number of primary amides is 1. The number of carbonyl (C=O) groups excluding carboxylic acids is 2. The van der Waals surface area contributed by atoms with Gasteiger partial charge >= 0.3 is 6.03 Å². The third kappa shape index (κ3) is 4.37. The van der Waals surface area contributed by atoms with Crippen LogP contribution in [0.1, 0.15) is 15.9 Å². The first kappa shape index (κ1) is 17.1. The SMILES string of the molecule is CN(Cc1cccc(Cl)c1Cl)C(=O)c1cccc(NC(N)=O)c1. The molecular formula is C16H15Cl2N3O2. The van der Waals surface area contributed by atoms with Gasteiger partial charge in [-0.15, -0.1) is 0 Å². The van der Waals surface area contributed by atoms with E-state index < -0.39 is 6.03 Å². The summed E-state index contributed by atoms with van der Waals surface area (Å²) in [5.74, 6) is -0.214. The normalized spacial score (nSPS) is 10.2. The summed E-state index contributed by atoms with van der Waals surface area (Å²) < 4.78 is 0. The molecule has 3 N–H and O–H groups in total. The highest BCUT2D eigenvalue weighted by Gasteiger charge is 2.15. The molecule has 0 atom stereocenters. The Bertz CT molecular complexity index is 750. The van der Waals surface area contributed by atoms with Gasteiger partial charge in [-0.1, -0.05) is 41.4 Å². The van der Waals surface area contributed by atoms with Gasteiger partial charge in [-0.05, 0) is 29.8 Å². The summed E-state index contributed by atoms with van der Waals surface area (Å²) in [6.07, 6.45) is 0. The molecular weight excluding hydrogens is 337 g/mol. The Morgan fingerprint density at radius 2 is 1.87 bits per heavy atom. The van der Waals surface area contributed by atoms with E-state index in [0.29, 0.717) is 27.8 Å². The zero-order valence-corrected chi connectivity index (χ0v) is 13.9. The summed E-state index contributed by atoms with van der Waals surface area (Å²) in [7, 11) is 1.66. The van der Waals surface area contributed by atoms with Crippen LogP contribution >= 0.6 is 23.2 Å². The molecule has 2 rings (SSSR count). The topological polar surface area (TPSA) is 75.4 Å². The van der Waals surface area contributed by atoms with E-state index in [1.807, 2.05) is 6.07 Å². The van der Waals surface area contributed by atoms with Gasteiger partial charge in [0.05, 0.1) is 10.0 Å². The minimum absolute atomic E-state index is 0.214. The number of anilines is 1. The summed E-state index contributed by atoms with van der Waals surface area (Å²) in [5.41, 5.74) is 6.71. The second kappa shape index (κ2) is 7.35. The van der Waals surface area contributed by atoms with E-state index in [-0.39, 0.29) is 5.91 Å². The molecule has 0 bridgehead atoms. The third-order valence-corrected chi connectivity index (χ3v) is 4.02. The second-order valence-corrected chi connectivity index (χ2v) is 5.73. The zero-order chi connectivity index (χ0) is 17.0. The first-order valence-electron chi connectivity index (χ1n) is 6.73. The molecule has 0 unspecified atom stereocenters. The van der Waals surface area contributed by atoms with E-state index >= 15 is 0 Å². The molecule has 2 aromatic carbocycles. The van der Waals surface area contributed by atoms with Crippen molar-refractivity contribution in [2.24, 2.45) is 5.73 Å². The van der Waals surface area contributed by atoms with Crippen LogP contribution in [0.15, 0.2) is 42.5 Å². The van der Waals surface area contributed by atoms with Gasteiger partial charge in [0.15, 0.2) is 0 Å². The van der Waals surface area contributed by atoms with E-state index in [0.717, 1.165) is 5.56 Å². The van der Waals surface area contributed by atoms with E-state index in [1.54, 1.807) is 43.4 Å². The Balaban J connectivity index is 2.16. The number of hydrogen-bond acceptors (Lipinski definition) is 2. The second-order valence-electron chi connectivity index (χ2n) is 4.94. The summed E-state index contributed by atoms with van der Waals surface area (Å²) in [4.78, 5) is 24.9. The zero-order valence-electron chi connectivity index (χ0n) is 12.3. The summed E-state index contributed by atoms with van der Waals surface area (Å²) >= 11 is 12.1. The fraction of sp³-hybridized carbons (Fsp3) is 0.125. The standard InChI is InChI=1S/C16H15Cl2N3O2/c1-21(9-11-5-3-7-13(17)14(11)18)15(22)10-4-2-6-12(8-10)20-16(19)23/h2-8H,9H2,1H3,(H3,19,20,23). The number of carbonyl (C=O) groups is 2. The van der Waals surface area contributed by atoms with Crippen molar-refractivity contribution in [3.8, 4) is 0 Å². The molecule has 3 amide bonds. The number of benzene rings is 2. The van der Waals surface area contributed by atoms with Crippen LogP contribution in [0.4, 0.5) is 10.5 Å². The van der Waals surface area contributed by atoms with Crippen LogP contribution in [0.2, 0.25) is 10.0 Å². The number of nitrogens with one attached hydrogen (secondary N) is 1. The predicted molar refractivity (Wildman–Crippen MR) is 91.9 cm³/mol. The minimum atomic E-state index is -0.686. The molecule has 0 aromatic heterocycles. The molecule has 120 valence electrons. The molecule has 0 saturated heterocycles. The van der Waals surface area contributed by atoms with Crippen LogP contribution in [0, 0.1) is 0 Å². The van der Waals surface area contributed by atoms with Crippen LogP contribution in [0.25, 0.3) is 0 Å². The Hall–Kier alpha value is -2.24. The highest BCUT2D eigenvalue weighted by Crippen LogP contribution is 2.26. The first-order valence-corrected chi connectivity index (χ1v) is 7.49. The molecule has 0 aliphatic heterocycles. The van der Waals surface area contributed by atoms with Gasteiger partial charge in [0.1, 0.15) is 0 Å². The molecule has 5 nitrogen and oxygen atoms in total. The van der Waals surface area contributed by atoms with E-state index in [9.17, 15) is 9.59 Å². The molecule has 0 spiro atoms. The fourth-order valence-electron chi connectivity index (χ4n) is 2.09. The van der Waals surface area contributed by atoms with Gasteiger partial charge in [-0.3, -0.25) is 4.79 Å². The van der Waals surface area contributed by atoms with Crippen LogP contribution in [0.3, 0.4) is 0 Å². The Labute approximate surface area is 144 Å². The van der Waals surface area contributed by atoms with E-state index in [4.69, 9.17) is 28.9 Å². The van der Waals surface area contributed by atoms with Crippen LogP contribution in [0.5, 0.6) is 0 Å². The van der Waals surface area contributed by atoms with Crippen molar-refractivity contribution in [1.82, 2.24) is 4.90 Å². The third-order valence-electron chi connectivity index (χ3n) is 3.16. The average molecular weight is 352 g/mol. The molecule has 0 radical (unpaired) electrons. The largest absolute Gasteiger partial charge is 0.351 e. The summed E-state index contributed by atoms with van der Waals surface area (Å²) in [5, 5.41) is 3.31. The Kier molecular flexibility index (Phi) is 5.47. The number of hydrogen-bond donors (Lipinski definition) is 2. The molecule has 7 heteroatoms. The fourth-order valence-corrected chi connectivity index (χ4v) is 2.47. The Morgan fingerprint density at radius 1 is 1.17 bits per heavy atom. The smallest absolute Gasteiger partial charge is 0.316 e. The van der Waals surface area contributed by atoms with Gasteiger partial charge in [0, 0.05) is 24.8 Å². The van der Waals surface area contributed by atoms with Crippen molar-refractivity contribution in [3.05, 3.63) is 63.6 Å². The number of halogens is 2. The molecule has 0 fully saturated rings. The van der Waals surface area contributed by atoms with E-state index in [1.165, 1.54) is 4.90 Å². The quantitative estimate of drug-likeness (QED) is 0.879. The average Bonchev–Trinajstić information content (AvgIpc) is 2.50. The highest BCUT2D eigenvalue weighted by atomic mass is 35.5. The molecule has 0 aliphatic carbocycles. The molecule has 0 saturated carbocycles. The molecule has 0 heterocycles. The van der Waals surface area contributed by atoms with Gasteiger partial charge in [-0.2, -0.15) is 0 Å². The van der Waals surface area contributed by atoms with Crippen LogP contribution in [-0.2, 0) is 6.54 Å². The van der Waals surface area contributed by atoms with Crippen molar-refractivity contribution < 1.29 is 9.59 Å². The Morgan fingerprint density at radius 3 is 2.57 bits per heavy atom. The highest BCUT2D eigenvalue weighted by molar-refractivity contribution is 6.42. The van der Waals surface area contributed by atoms with Gasteiger partial charge in [-0.25, -0.2) is 4.79 Å². The lowest BCUT2D eigenvalue weighted by Gasteiger charge is -2.19. The monoisotopic (exact) mass is 351 g/mol. The number of nitrogens with zero attached hydrogens (tertiary/aromatic N) is 1. The van der Waals surface area contributed by atoms with Crippen LogP contribution < -0.4 is 11.1 Å². The maximum absolute atomic E-state index is 12.5. The van der Waals surface area contributed by atoms with Crippen molar-refractivity contribution >= 4 is 40.8 Å². The minimum Gasteiger partial charge on any atom is -0.351 e. The predicted octanol–water partition coefficient (Wildman–Crippen LogP) is 3.76. The number of nitrogens with two attached hydrogens (primary N) is 1. The molecule has 2 aromatic rings. The molecule has 0 aliphatic rings. The lowest BCUT2D eigenvalue weighted by Crippen LogP contribution is -2.26. The first-order chi connectivity index (χ1) is 10.9. The number of amides is 3.